The summed E-state index contributed by atoms with van der Waals surface area (Å²) in [6.45, 7) is 5.82. The topological polar surface area (TPSA) is 15.3 Å². The Bertz CT molecular complexity index is 398. The van der Waals surface area contributed by atoms with Crippen LogP contribution in [0.1, 0.15) is 43.4 Å². The number of aryl methyl sites for hydroxylation is 1. The second-order valence-electron chi connectivity index (χ2n) is 5.60. The quantitative estimate of drug-likeness (QED) is 0.828. The summed E-state index contributed by atoms with van der Waals surface area (Å²) >= 11 is 0. The van der Waals surface area contributed by atoms with Crippen LogP contribution in [0.4, 0.5) is 0 Å². The van der Waals surface area contributed by atoms with E-state index in [4.69, 9.17) is 0 Å². The van der Waals surface area contributed by atoms with Crippen molar-refractivity contribution in [2.45, 2.75) is 44.7 Å². The summed E-state index contributed by atoms with van der Waals surface area (Å²) in [5.41, 5.74) is 3.08. The van der Waals surface area contributed by atoms with Gasteiger partial charge in [-0.05, 0) is 43.4 Å². The number of benzene rings is 1. The minimum absolute atomic E-state index is 0.596. The van der Waals surface area contributed by atoms with E-state index >= 15 is 0 Å². The lowest BCUT2D eigenvalue weighted by molar-refractivity contribution is 0.272. The maximum atomic E-state index is 3.74. The van der Waals surface area contributed by atoms with Crippen LogP contribution in [0.5, 0.6) is 0 Å². The smallest absolute Gasteiger partial charge is 0.0326 e. The molecule has 2 aliphatic rings. The fourth-order valence-corrected chi connectivity index (χ4v) is 3.19. The minimum Gasteiger partial charge on any atom is -0.309 e. The van der Waals surface area contributed by atoms with Gasteiger partial charge in [0.1, 0.15) is 0 Å². The van der Waals surface area contributed by atoms with Gasteiger partial charge in [-0.2, -0.15) is 0 Å². The lowest BCUT2D eigenvalue weighted by Gasteiger charge is -2.21. The Morgan fingerprint density at radius 3 is 2.83 bits per heavy atom. The van der Waals surface area contributed by atoms with Crippen molar-refractivity contribution in [2.75, 3.05) is 19.6 Å². The van der Waals surface area contributed by atoms with Crippen LogP contribution in [0.25, 0.3) is 0 Å². The summed E-state index contributed by atoms with van der Waals surface area (Å²) in [6.07, 6.45) is 5.35. The predicted octanol–water partition coefficient (Wildman–Crippen LogP) is 2.75. The Balaban J connectivity index is 1.49. The van der Waals surface area contributed by atoms with Gasteiger partial charge in [-0.25, -0.2) is 0 Å². The van der Waals surface area contributed by atoms with Crippen LogP contribution in [-0.4, -0.2) is 30.6 Å². The zero-order valence-electron chi connectivity index (χ0n) is 11.4. The van der Waals surface area contributed by atoms with E-state index in [2.05, 4.69) is 41.4 Å². The van der Waals surface area contributed by atoms with Gasteiger partial charge in [0.2, 0.25) is 0 Å². The van der Waals surface area contributed by atoms with Gasteiger partial charge in [0.15, 0.2) is 0 Å². The third-order valence-electron chi connectivity index (χ3n) is 4.39. The van der Waals surface area contributed by atoms with Crippen molar-refractivity contribution in [3.63, 3.8) is 0 Å². The second-order valence-corrected chi connectivity index (χ2v) is 5.60. The van der Waals surface area contributed by atoms with Gasteiger partial charge in [0, 0.05) is 25.2 Å². The zero-order valence-corrected chi connectivity index (χ0v) is 11.4. The van der Waals surface area contributed by atoms with Crippen LogP contribution in [-0.2, 0) is 6.42 Å². The monoisotopic (exact) mass is 244 g/mol. The number of hydrogen-bond donors (Lipinski definition) is 1. The number of hydrogen-bond acceptors (Lipinski definition) is 2. The molecule has 0 heterocycles. The van der Waals surface area contributed by atoms with Crippen molar-refractivity contribution in [2.24, 2.45) is 0 Å². The molecule has 0 aliphatic heterocycles. The van der Waals surface area contributed by atoms with Crippen LogP contribution in [0, 0.1) is 0 Å². The van der Waals surface area contributed by atoms with E-state index in [0.717, 1.165) is 12.6 Å². The van der Waals surface area contributed by atoms with E-state index in [1.807, 2.05) is 0 Å². The Kier molecular flexibility index (Phi) is 3.67. The maximum Gasteiger partial charge on any atom is 0.0326 e. The number of nitrogens with one attached hydrogen (secondary N) is 1. The van der Waals surface area contributed by atoms with Crippen molar-refractivity contribution in [1.29, 1.82) is 0 Å². The van der Waals surface area contributed by atoms with Crippen molar-refractivity contribution in [3.8, 4) is 0 Å². The SMILES string of the molecule is CCN(CCNC1CCc2ccccc21)C1CC1. The normalized spacial score (nSPS) is 22.4. The summed E-state index contributed by atoms with van der Waals surface area (Å²) < 4.78 is 0. The first kappa shape index (κ1) is 12.2. The first-order chi connectivity index (χ1) is 8.88. The highest BCUT2D eigenvalue weighted by molar-refractivity contribution is 5.34. The van der Waals surface area contributed by atoms with Gasteiger partial charge in [-0.3, -0.25) is 4.90 Å². The lowest BCUT2D eigenvalue weighted by Crippen LogP contribution is -2.34. The molecule has 0 amide bonds. The molecule has 1 fully saturated rings. The molecule has 0 saturated heterocycles. The fourth-order valence-electron chi connectivity index (χ4n) is 3.19. The molecule has 2 nitrogen and oxygen atoms in total. The standard InChI is InChI=1S/C16H24N2/c1-2-18(14-8-9-14)12-11-17-16-10-7-13-5-3-4-6-15(13)16/h3-6,14,16-17H,2,7-12H2,1H3. The summed E-state index contributed by atoms with van der Waals surface area (Å²) in [5, 5.41) is 3.74. The van der Waals surface area contributed by atoms with Gasteiger partial charge < -0.3 is 5.32 Å². The average molecular weight is 244 g/mol. The van der Waals surface area contributed by atoms with E-state index in [0.29, 0.717) is 6.04 Å². The largest absolute Gasteiger partial charge is 0.309 e. The Morgan fingerprint density at radius 2 is 2.06 bits per heavy atom. The molecule has 1 aromatic carbocycles. The molecule has 1 aromatic rings. The molecular weight excluding hydrogens is 220 g/mol. The molecule has 1 unspecified atom stereocenters. The van der Waals surface area contributed by atoms with Gasteiger partial charge in [-0.15, -0.1) is 0 Å². The third kappa shape index (κ3) is 2.60. The van der Waals surface area contributed by atoms with Crippen molar-refractivity contribution in [3.05, 3.63) is 35.4 Å². The summed E-state index contributed by atoms with van der Waals surface area (Å²) in [6, 6.07) is 10.4. The molecular formula is C16H24N2. The van der Waals surface area contributed by atoms with Crippen LogP contribution < -0.4 is 5.32 Å². The van der Waals surface area contributed by atoms with E-state index in [1.165, 1.54) is 44.3 Å². The van der Waals surface area contributed by atoms with Crippen LogP contribution in [0.3, 0.4) is 0 Å². The van der Waals surface area contributed by atoms with Gasteiger partial charge in [0.05, 0.1) is 0 Å². The highest BCUT2D eigenvalue weighted by Gasteiger charge is 2.27. The molecule has 1 N–H and O–H groups in total. The van der Waals surface area contributed by atoms with E-state index in [9.17, 15) is 0 Å². The van der Waals surface area contributed by atoms with E-state index in [-0.39, 0.29) is 0 Å². The average Bonchev–Trinajstić information content (AvgIpc) is 3.16. The molecule has 0 aromatic heterocycles. The van der Waals surface area contributed by atoms with Gasteiger partial charge in [0.25, 0.3) is 0 Å². The Morgan fingerprint density at radius 1 is 1.22 bits per heavy atom. The maximum absolute atomic E-state index is 3.74. The molecule has 0 spiro atoms. The molecule has 0 bridgehead atoms. The Labute approximate surface area is 110 Å². The molecule has 1 atom stereocenters. The Hall–Kier alpha value is -0.860. The van der Waals surface area contributed by atoms with E-state index < -0.39 is 0 Å². The minimum atomic E-state index is 0.596. The fraction of sp³-hybridized carbons (Fsp3) is 0.625. The predicted molar refractivity (Wildman–Crippen MR) is 75.8 cm³/mol. The molecule has 2 aliphatic carbocycles. The van der Waals surface area contributed by atoms with Gasteiger partial charge >= 0.3 is 0 Å². The van der Waals surface area contributed by atoms with Crippen LogP contribution in [0.2, 0.25) is 0 Å². The molecule has 3 rings (SSSR count). The van der Waals surface area contributed by atoms with Crippen molar-refractivity contribution >= 4 is 0 Å². The van der Waals surface area contributed by atoms with Crippen molar-refractivity contribution in [1.82, 2.24) is 10.2 Å². The number of rotatable bonds is 6. The molecule has 0 radical (unpaired) electrons. The second kappa shape index (κ2) is 5.41. The zero-order chi connectivity index (χ0) is 12.4. The highest BCUT2D eigenvalue weighted by Crippen LogP contribution is 2.30. The molecule has 98 valence electrons. The van der Waals surface area contributed by atoms with Crippen LogP contribution in [0.15, 0.2) is 24.3 Å². The molecule has 1 saturated carbocycles. The number of fused-ring (bicyclic) bond motifs is 1. The number of likely N-dealkylation sites (N-methyl/N-ethyl adjacent to an activating group) is 1. The molecule has 2 heteroatoms. The first-order valence-electron chi connectivity index (χ1n) is 7.43. The third-order valence-corrected chi connectivity index (χ3v) is 4.39. The van der Waals surface area contributed by atoms with E-state index in [1.54, 1.807) is 5.56 Å². The highest BCUT2D eigenvalue weighted by atomic mass is 15.2. The summed E-state index contributed by atoms with van der Waals surface area (Å²) in [7, 11) is 0. The number of nitrogens with zero attached hydrogens (tertiary/aromatic N) is 1. The van der Waals surface area contributed by atoms with Crippen molar-refractivity contribution < 1.29 is 0 Å². The summed E-state index contributed by atoms with van der Waals surface area (Å²) in [4.78, 5) is 2.62. The summed E-state index contributed by atoms with van der Waals surface area (Å²) in [5.74, 6) is 0. The lowest BCUT2D eigenvalue weighted by atomic mass is 10.1. The van der Waals surface area contributed by atoms with Gasteiger partial charge in [-0.1, -0.05) is 31.2 Å². The van der Waals surface area contributed by atoms with Crippen LogP contribution >= 0.6 is 0 Å². The first-order valence-corrected chi connectivity index (χ1v) is 7.43. The molecule has 18 heavy (non-hydrogen) atoms.